The van der Waals surface area contributed by atoms with Crippen molar-refractivity contribution in [3.63, 3.8) is 0 Å². The molecule has 0 fully saturated rings. The third-order valence-corrected chi connectivity index (χ3v) is 6.01. The number of para-hydroxylation sites is 1. The van der Waals surface area contributed by atoms with E-state index in [9.17, 15) is 19.8 Å². The van der Waals surface area contributed by atoms with E-state index in [2.05, 4.69) is 0 Å². The van der Waals surface area contributed by atoms with Crippen LogP contribution in [-0.2, 0) is 9.53 Å². The molecule has 6 nitrogen and oxygen atoms in total. The summed E-state index contributed by atoms with van der Waals surface area (Å²) in [5, 5.41) is 19.7. The van der Waals surface area contributed by atoms with Gasteiger partial charge in [0, 0.05) is 6.42 Å². The summed E-state index contributed by atoms with van der Waals surface area (Å²) in [6.07, 6.45) is 0.301. The Labute approximate surface area is 191 Å². The number of ketones is 1. The van der Waals surface area contributed by atoms with Gasteiger partial charge in [-0.3, -0.25) is 9.69 Å². The summed E-state index contributed by atoms with van der Waals surface area (Å²) in [6, 6.07) is 20.1. The molecule has 0 radical (unpaired) electrons. The minimum Gasteiger partial charge on any atom is -0.508 e. The zero-order valence-electron chi connectivity index (χ0n) is 18.3. The number of esters is 1. The van der Waals surface area contributed by atoms with Crippen LogP contribution in [0.1, 0.15) is 41.8 Å². The average molecular weight is 441 g/mol. The molecular weight excluding hydrogens is 418 g/mol. The summed E-state index contributed by atoms with van der Waals surface area (Å²) in [6.45, 7) is 3.96. The number of nitrogens with zero attached hydrogens (tertiary/aromatic N) is 1. The molecule has 0 spiro atoms. The fourth-order valence-electron chi connectivity index (χ4n) is 4.72. The van der Waals surface area contributed by atoms with Crippen LogP contribution in [0.2, 0.25) is 0 Å². The van der Waals surface area contributed by atoms with Crippen LogP contribution < -0.4 is 4.90 Å². The highest BCUT2D eigenvalue weighted by molar-refractivity contribution is 6.38. The number of aromatic hydroxyl groups is 2. The fourth-order valence-corrected chi connectivity index (χ4v) is 4.72. The van der Waals surface area contributed by atoms with Crippen LogP contribution in [0.5, 0.6) is 11.5 Å². The smallest absolute Gasteiger partial charge is 0.342 e. The monoisotopic (exact) mass is 441 g/mol. The number of Topliss-reactive ketones (excluding diaryl/α,β-unsaturated/α-hetero) is 1. The zero-order valence-corrected chi connectivity index (χ0v) is 18.3. The van der Waals surface area contributed by atoms with Crippen LogP contribution in [-0.4, -0.2) is 27.7 Å². The first-order valence-corrected chi connectivity index (χ1v) is 10.8. The van der Waals surface area contributed by atoms with Crippen LogP contribution in [0.4, 0.5) is 5.69 Å². The Morgan fingerprint density at radius 2 is 1.42 bits per heavy atom. The third kappa shape index (κ3) is 3.18. The second kappa shape index (κ2) is 7.52. The fraction of sp³-hybridized carbons (Fsp3) is 0.185. The highest BCUT2D eigenvalue weighted by Crippen LogP contribution is 2.53. The SMILES string of the molecule is CC(C)C[C@]12OC(=O)c3ccccc3N1C(c1ccc(O)cc1)=C(c1ccc(O)cc1)C2=O. The molecule has 33 heavy (non-hydrogen) atoms. The Kier molecular flexibility index (Phi) is 4.74. The second-order valence-electron chi connectivity index (χ2n) is 8.77. The summed E-state index contributed by atoms with van der Waals surface area (Å²) in [4.78, 5) is 29.1. The first kappa shape index (κ1) is 20.8. The Morgan fingerprint density at radius 1 is 0.848 bits per heavy atom. The molecule has 2 aliphatic heterocycles. The van der Waals surface area contributed by atoms with Gasteiger partial charge in [-0.25, -0.2) is 4.79 Å². The Hall–Kier alpha value is -4.06. The van der Waals surface area contributed by atoms with Crippen molar-refractivity contribution < 1.29 is 24.5 Å². The number of hydrogen-bond acceptors (Lipinski definition) is 6. The topological polar surface area (TPSA) is 87.1 Å². The first-order chi connectivity index (χ1) is 15.8. The largest absolute Gasteiger partial charge is 0.508 e. The van der Waals surface area contributed by atoms with Gasteiger partial charge in [-0.15, -0.1) is 0 Å². The van der Waals surface area contributed by atoms with Crippen LogP contribution in [0, 0.1) is 5.92 Å². The molecule has 0 unspecified atom stereocenters. The molecule has 5 rings (SSSR count). The van der Waals surface area contributed by atoms with Gasteiger partial charge in [-0.1, -0.05) is 38.1 Å². The van der Waals surface area contributed by atoms with Gasteiger partial charge in [0.15, 0.2) is 0 Å². The maximum absolute atomic E-state index is 14.2. The Morgan fingerprint density at radius 3 is 2.03 bits per heavy atom. The molecule has 1 atom stereocenters. The van der Waals surface area contributed by atoms with Gasteiger partial charge in [-0.05, 0) is 65.6 Å². The number of phenolic OH excluding ortho intramolecular Hbond substituents is 2. The molecule has 0 saturated carbocycles. The van der Waals surface area contributed by atoms with Gasteiger partial charge in [0.25, 0.3) is 5.72 Å². The van der Waals surface area contributed by atoms with Gasteiger partial charge in [-0.2, -0.15) is 0 Å². The normalized spacial score (nSPS) is 19.5. The zero-order chi connectivity index (χ0) is 23.3. The standard InChI is InChI=1S/C27H23NO5/c1-16(2)15-27-25(31)23(17-7-11-19(29)12-8-17)24(18-9-13-20(30)14-10-18)28(27)22-6-4-3-5-21(22)26(32)33-27/h3-14,16,29-30H,15H2,1-2H3/t27-/m1/s1. The van der Waals surface area contributed by atoms with Crippen molar-refractivity contribution in [2.45, 2.75) is 26.0 Å². The van der Waals surface area contributed by atoms with Crippen molar-refractivity contribution in [2.24, 2.45) is 5.92 Å². The average Bonchev–Trinajstić information content (AvgIpc) is 3.03. The molecule has 3 aromatic carbocycles. The van der Waals surface area contributed by atoms with E-state index in [4.69, 9.17) is 4.74 Å². The van der Waals surface area contributed by atoms with E-state index in [1.807, 2.05) is 30.9 Å². The quantitative estimate of drug-likeness (QED) is 0.556. The number of hydrogen-bond donors (Lipinski definition) is 2. The van der Waals surface area contributed by atoms with E-state index in [1.165, 1.54) is 12.1 Å². The van der Waals surface area contributed by atoms with Crippen LogP contribution in [0.25, 0.3) is 11.3 Å². The number of anilines is 1. The Balaban J connectivity index is 1.86. The number of fused-ring (bicyclic) bond motifs is 3. The molecule has 0 aliphatic carbocycles. The summed E-state index contributed by atoms with van der Waals surface area (Å²) >= 11 is 0. The molecule has 0 amide bonds. The molecular formula is C27H23NO5. The highest BCUT2D eigenvalue weighted by atomic mass is 16.6. The maximum Gasteiger partial charge on any atom is 0.342 e. The molecule has 6 heteroatoms. The predicted octanol–water partition coefficient (Wildman–Crippen LogP) is 4.97. The number of benzene rings is 3. The molecule has 0 bridgehead atoms. The lowest BCUT2D eigenvalue weighted by molar-refractivity contribution is -0.132. The van der Waals surface area contributed by atoms with E-state index < -0.39 is 11.7 Å². The number of ether oxygens (including phenoxy) is 1. The maximum atomic E-state index is 14.2. The van der Waals surface area contributed by atoms with Gasteiger partial charge in [0.2, 0.25) is 5.78 Å². The minimum absolute atomic E-state index is 0.0507. The lowest BCUT2D eigenvalue weighted by Crippen LogP contribution is -2.56. The minimum atomic E-state index is -1.53. The lowest BCUT2D eigenvalue weighted by Gasteiger charge is -2.44. The van der Waals surface area contributed by atoms with E-state index in [-0.39, 0.29) is 23.2 Å². The van der Waals surface area contributed by atoms with Crippen molar-refractivity contribution >= 4 is 28.7 Å². The first-order valence-electron chi connectivity index (χ1n) is 10.8. The molecule has 0 aromatic heterocycles. The lowest BCUT2D eigenvalue weighted by atomic mass is 9.90. The Bertz CT molecular complexity index is 1290. The van der Waals surface area contributed by atoms with Crippen LogP contribution in [0.15, 0.2) is 72.8 Å². The molecule has 3 aromatic rings. The molecule has 2 heterocycles. The number of phenols is 2. The van der Waals surface area contributed by atoms with E-state index in [0.717, 1.165) is 0 Å². The summed E-state index contributed by atoms with van der Waals surface area (Å²) in [7, 11) is 0. The van der Waals surface area contributed by atoms with Crippen molar-refractivity contribution in [3.05, 3.63) is 89.5 Å². The van der Waals surface area contributed by atoms with E-state index in [0.29, 0.717) is 40.1 Å². The third-order valence-electron chi connectivity index (χ3n) is 6.01. The molecule has 2 N–H and O–H groups in total. The number of carbonyl (C=O) groups is 2. The second-order valence-corrected chi connectivity index (χ2v) is 8.77. The van der Waals surface area contributed by atoms with Crippen molar-refractivity contribution in [1.29, 1.82) is 0 Å². The van der Waals surface area contributed by atoms with Crippen molar-refractivity contribution in [1.82, 2.24) is 0 Å². The van der Waals surface area contributed by atoms with Crippen molar-refractivity contribution in [3.8, 4) is 11.5 Å². The van der Waals surface area contributed by atoms with Gasteiger partial charge in [0.1, 0.15) is 11.5 Å². The van der Waals surface area contributed by atoms with Crippen molar-refractivity contribution in [2.75, 3.05) is 4.90 Å². The molecule has 0 saturated heterocycles. The van der Waals surface area contributed by atoms with Gasteiger partial charge in [0.05, 0.1) is 22.5 Å². The van der Waals surface area contributed by atoms with E-state index in [1.54, 1.807) is 48.5 Å². The predicted molar refractivity (Wildman–Crippen MR) is 125 cm³/mol. The number of carbonyl (C=O) groups excluding carboxylic acids is 2. The number of rotatable bonds is 4. The van der Waals surface area contributed by atoms with Crippen LogP contribution >= 0.6 is 0 Å². The highest BCUT2D eigenvalue weighted by Gasteiger charge is 2.60. The summed E-state index contributed by atoms with van der Waals surface area (Å²) in [5.74, 6) is -0.605. The molecule has 2 aliphatic rings. The summed E-state index contributed by atoms with van der Waals surface area (Å²) < 4.78 is 6.00. The van der Waals surface area contributed by atoms with Crippen LogP contribution in [0.3, 0.4) is 0 Å². The van der Waals surface area contributed by atoms with E-state index >= 15 is 0 Å². The van der Waals surface area contributed by atoms with Gasteiger partial charge < -0.3 is 14.9 Å². The van der Waals surface area contributed by atoms with Gasteiger partial charge >= 0.3 is 5.97 Å². The molecule has 166 valence electrons. The summed E-state index contributed by atoms with van der Waals surface area (Å²) in [5.41, 5.74) is 1.74.